The van der Waals surface area contributed by atoms with Crippen molar-refractivity contribution in [1.82, 2.24) is 10.7 Å². The van der Waals surface area contributed by atoms with Gasteiger partial charge >= 0.3 is 0 Å². The van der Waals surface area contributed by atoms with Crippen molar-refractivity contribution in [2.75, 3.05) is 6.54 Å². The van der Waals surface area contributed by atoms with Crippen molar-refractivity contribution < 1.29 is 19.1 Å². The van der Waals surface area contributed by atoms with Gasteiger partial charge in [-0.3, -0.25) is 9.59 Å². The predicted octanol–water partition coefficient (Wildman–Crippen LogP) is 2.48. The summed E-state index contributed by atoms with van der Waals surface area (Å²) in [4.78, 5) is 23.5. The Kier molecular flexibility index (Phi) is 6.24. The van der Waals surface area contributed by atoms with E-state index in [0.717, 1.165) is 10.5 Å². The fourth-order valence-electron chi connectivity index (χ4n) is 1.97. The molecule has 130 valence electrons. The smallest absolute Gasteiger partial charge is 0.259 e. The van der Waals surface area contributed by atoms with E-state index in [1.165, 1.54) is 24.4 Å². The van der Waals surface area contributed by atoms with Crippen LogP contribution in [0, 0.1) is 12.7 Å². The average Bonchev–Trinajstić information content (AvgIpc) is 2.57. The van der Waals surface area contributed by atoms with Crippen molar-refractivity contribution in [1.29, 1.82) is 0 Å². The molecular formula is C17H15BrFN3O3. The first kappa shape index (κ1) is 18.6. The van der Waals surface area contributed by atoms with Crippen LogP contribution in [-0.2, 0) is 4.79 Å². The summed E-state index contributed by atoms with van der Waals surface area (Å²) < 4.78 is 13.8. The highest BCUT2D eigenvalue weighted by atomic mass is 79.9. The van der Waals surface area contributed by atoms with E-state index in [4.69, 9.17) is 0 Å². The number of nitrogens with zero attached hydrogens (tertiary/aromatic N) is 1. The van der Waals surface area contributed by atoms with E-state index in [-0.39, 0.29) is 17.9 Å². The lowest BCUT2D eigenvalue weighted by Gasteiger charge is -2.05. The second-order valence-electron chi connectivity index (χ2n) is 5.15. The van der Waals surface area contributed by atoms with E-state index in [2.05, 4.69) is 31.8 Å². The maximum atomic E-state index is 13.0. The molecule has 0 aliphatic heterocycles. The fraction of sp³-hybridized carbons (Fsp3) is 0.118. The predicted molar refractivity (Wildman–Crippen MR) is 95.0 cm³/mol. The van der Waals surface area contributed by atoms with Gasteiger partial charge in [0.05, 0.1) is 12.8 Å². The summed E-state index contributed by atoms with van der Waals surface area (Å²) in [7, 11) is 0. The average molecular weight is 408 g/mol. The quantitative estimate of drug-likeness (QED) is 0.525. The van der Waals surface area contributed by atoms with Crippen LogP contribution in [0.15, 0.2) is 46.0 Å². The minimum absolute atomic E-state index is 0.0561. The zero-order valence-electron chi connectivity index (χ0n) is 13.2. The number of benzene rings is 2. The number of halogens is 2. The molecule has 0 radical (unpaired) electrons. The molecule has 0 saturated heterocycles. The van der Waals surface area contributed by atoms with Crippen LogP contribution in [0.25, 0.3) is 0 Å². The number of rotatable bonds is 5. The first-order valence-electron chi connectivity index (χ1n) is 7.21. The van der Waals surface area contributed by atoms with Gasteiger partial charge in [0, 0.05) is 15.6 Å². The SMILES string of the molecule is Cc1cc(Br)cc(C=NNC(=O)CNC(=O)c2cccc(F)c2)c1O. The zero-order valence-corrected chi connectivity index (χ0v) is 14.8. The number of phenolic OH excluding ortho intramolecular Hbond substituents is 1. The van der Waals surface area contributed by atoms with Crippen molar-refractivity contribution in [3.05, 3.63) is 63.4 Å². The molecule has 8 heteroatoms. The third kappa shape index (κ3) is 5.39. The second kappa shape index (κ2) is 8.39. The van der Waals surface area contributed by atoms with Crippen LogP contribution >= 0.6 is 15.9 Å². The third-order valence-electron chi connectivity index (χ3n) is 3.18. The number of hydrogen-bond donors (Lipinski definition) is 3. The molecule has 0 fully saturated rings. The van der Waals surface area contributed by atoms with Crippen LogP contribution in [0.4, 0.5) is 4.39 Å². The van der Waals surface area contributed by atoms with Crippen LogP contribution in [0.3, 0.4) is 0 Å². The molecule has 0 saturated carbocycles. The molecule has 2 rings (SSSR count). The maximum absolute atomic E-state index is 13.0. The zero-order chi connectivity index (χ0) is 18.4. The van der Waals surface area contributed by atoms with Crippen molar-refractivity contribution >= 4 is 34.0 Å². The summed E-state index contributed by atoms with van der Waals surface area (Å²) in [5.74, 6) is -1.61. The number of nitrogens with one attached hydrogen (secondary N) is 2. The summed E-state index contributed by atoms with van der Waals surface area (Å²) >= 11 is 3.30. The lowest BCUT2D eigenvalue weighted by atomic mass is 10.1. The Morgan fingerprint density at radius 1 is 1.32 bits per heavy atom. The number of phenols is 1. The number of aromatic hydroxyl groups is 1. The molecule has 0 heterocycles. The second-order valence-corrected chi connectivity index (χ2v) is 6.06. The maximum Gasteiger partial charge on any atom is 0.259 e. The Bertz CT molecular complexity index is 840. The lowest BCUT2D eigenvalue weighted by molar-refractivity contribution is -0.120. The molecule has 2 amide bonds. The van der Waals surface area contributed by atoms with Gasteiger partial charge in [0.15, 0.2) is 0 Å². The number of carbonyl (C=O) groups is 2. The molecule has 0 atom stereocenters. The summed E-state index contributed by atoms with van der Waals surface area (Å²) in [5, 5.41) is 16.0. The molecule has 2 aromatic carbocycles. The number of carbonyl (C=O) groups excluding carboxylic acids is 2. The molecule has 0 aliphatic rings. The summed E-state index contributed by atoms with van der Waals surface area (Å²) in [6.07, 6.45) is 1.29. The number of hydrogen-bond acceptors (Lipinski definition) is 4. The van der Waals surface area contributed by atoms with E-state index < -0.39 is 17.6 Å². The van der Waals surface area contributed by atoms with Gasteiger partial charge in [0.2, 0.25) is 0 Å². The van der Waals surface area contributed by atoms with E-state index in [0.29, 0.717) is 11.1 Å². The Morgan fingerprint density at radius 3 is 2.80 bits per heavy atom. The number of hydrazone groups is 1. The third-order valence-corrected chi connectivity index (χ3v) is 3.64. The van der Waals surface area contributed by atoms with Gasteiger partial charge in [-0.1, -0.05) is 22.0 Å². The Hall–Kier alpha value is -2.74. The van der Waals surface area contributed by atoms with E-state index in [1.807, 2.05) is 0 Å². The molecule has 0 aromatic heterocycles. The van der Waals surface area contributed by atoms with Gasteiger partial charge in [-0.25, -0.2) is 9.82 Å². The van der Waals surface area contributed by atoms with Gasteiger partial charge in [0.25, 0.3) is 11.8 Å². The highest BCUT2D eigenvalue weighted by Crippen LogP contribution is 2.25. The Labute approximate surface area is 151 Å². The lowest BCUT2D eigenvalue weighted by Crippen LogP contribution is -2.34. The normalized spacial score (nSPS) is 10.7. The first-order valence-corrected chi connectivity index (χ1v) is 8.01. The molecule has 0 bridgehead atoms. The van der Waals surface area contributed by atoms with Crippen molar-refractivity contribution in [2.24, 2.45) is 5.10 Å². The fourth-order valence-corrected chi connectivity index (χ4v) is 2.56. The van der Waals surface area contributed by atoms with Crippen molar-refractivity contribution in [3.8, 4) is 5.75 Å². The molecule has 6 nitrogen and oxygen atoms in total. The summed E-state index contributed by atoms with van der Waals surface area (Å²) in [6.45, 7) is 1.41. The molecule has 25 heavy (non-hydrogen) atoms. The standard InChI is InChI=1S/C17H15BrFN3O3/c1-10-5-13(18)6-12(16(10)24)8-21-22-15(23)9-20-17(25)11-3-2-4-14(19)7-11/h2-8,24H,9H2,1H3,(H,20,25)(H,22,23). The molecule has 2 aromatic rings. The molecule has 0 unspecified atom stereocenters. The van der Waals surface area contributed by atoms with E-state index in [1.54, 1.807) is 19.1 Å². The first-order chi connectivity index (χ1) is 11.9. The minimum atomic E-state index is -0.570. The largest absolute Gasteiger partial charge is 0.507 e. The number of amides is 2. The van der Waals surface area contributed by atoms with Crippen LogP contribution in [-0.4, -0.2) is 29.7 Å². The minimum Gasteiger partial charge on any atom is -0.507 e. The van der Waals surface area contributed by atoms with Crippen LogP contribution < -0.4 is 10.7 Å². The molecule has 0 spiro atoms. The van der Waals surface area contributed by atoms with Crippen molar-refractivity contribution in [2.45, 2.75) is 6.92 Å². The highest BCUT2D eigenvalue weighted by molar-refractivity contribution is 9.10. The van der Waals surface area contributed by atoms with Crippen molar-refractivity contribution in [3.63, 3.8) is 0 Å². The van der Waals surface area contributed by atoms with Gasteiger partial charge in [0.1, 0.15) is 11.6 Å². The monoisotopic (exact) mass is 407 g/mol. The van der Waals surface area contributed by atoms with Crippen LogP contribution in [0.5, 0.6) is 5.75 Å². The van der Waals surface area contributed by atoms with E-state index >= 15 is 0 Å². The summed E-state index contributed by atoms with van der Waals surface area (Å²) in [5.41, 5.74) is 3.43. The van der Waals surface area contributed by atoms with E-state index in [9.17, 15) is 19.1 Å². The Morgan fingerprint density at radius 2 is 2.08 bits per heavy atom. The topological polar surface area (TPSA) is 90.8 Å². The Balaban J connectivity index is 1.88. The number of aryl methyl sites for hydroxylation is 1. The molecular weight excluding hydrogens is 393 g/mol. The van der Waals surface area contributed by atoms with Gasteiger partial charge in [-0.2, -0.15) is 5.10 Å². The summed E-state index contributed by atoms with van der Waals surface area (Å²) in [6, 6.07) is 8.52. The highest BCUT2D eigenvalue weighted by Gasteiger charge is 2.08. The van der Waals surface area contributed by atoms with Gasteiger partial charge in [-0.05, 0) is 42.8 Å². The van der Waals surface area contributed by atoms with Gasteiger partial charge < -0.3 is 10.4 Å². The van der Waals surface area contributed by atoms with Crippen LogP contribution in [0.1, 0.15) is 21.5 Å². The molecule has 0 aliphatic carbocycles. The van der Waals surface area contributed by atoms with Crippen LogP contribution in [0.2, 0.25) is 0 Å². The van der Waals surface area contributed by atoms with Gasteiger partial charge in [-0.15, -0.1) is 0 Å². The molecule has 3 N–H and O–H groups in total.